The Morgan fingerprint density at radius 3 is 2.23 bits per heavy atom. The number of sulfonamides is 1. The highest BCUT2D eigenvalue weighted by Gasteiger charge is 2.42. The molecule has 0 amide bonds. The number of alkyl halides is 3. The van der Waals surface area contributed by atoms with Crippen molar-refractivity contribution in [2.24, 2.45) is 5.14 Å². The molecule has 118 valence electrons. The van der Waals surface area contributed by atoms with Gasteiger partial charge in [-0.15, -0.1) is 0 Å². The van der Waals surface area contributed by atoms with E-state index in [0.717, 1.165) is 13.3 Å². The molecule has 0 bridgehead atoms. The second kappa shape index (κ2) is 5.50. The molecule has 0 aliphatic heterocycles. The third kappa shape index (κ3) is 2.99. The minimum atomic E-state index is -5.04. The van der Waals surface area contributed by atoms with E-state index in [4.69, 9.17) is 5.14 Å². The van der Waals surface area contributed by atoms with E-state index >= 15 is 0 Å². The Balaban J connectivity index is 2.94. The quantitative estimate of drug-likeness (QED) is 0.904. The van der Waals surface area contributed by atoms with Crippen LogP contribution >= 0.6 is 0 Å². The van der Waals surface area contributed by atoms with Crippen molar-refractivity contribution in [2.75, 3.05) is 7.11 Å². The van der Waals surface area contributed by atoms with Gasteiger partial charge in [-0.25, -0.2) is 28.5 Å². The highest BCUT2D eigenvalue weighted by molar-refractivity contribution is 7.89. The Hall–Kier alpha value is -2.27. The number of hydrogen-bond acceptors (Lipinski definition) is 6. The summed E-state index contributed by atoms with van der Waals surface area (Å²) >= 11 is 0. The summed E-state index contributed by atoms with van der Waals surface area (Å²) in [4.78, 5) is 9.64. The molecule has 0 radical (unpaired) electrons. The Morgan fingerprint density at radius 1 is 1.18 bits per heavy atom. The molecule has 0 aliphatic carbocycles. The summed E-state index contributed by atoms with van der Waals surface area (Å²) in [6.45, 7) is 0. The van der Waals surface area contributed by atoms with Crippen molar-refractivity contribution in [1.29, 1.82) is 0 Å². The lowest BCUT2D eigenvalue weighted by Crippen LogP contribution is -2.22. The number of rotatable bonds is 3. The number of pyridine rings is 1. The van der Waals surface area contributed by atoms with E-state index in [2.05, 4.69) is 19.7 Å². The average Bonchev–Trinajstić information content (AvgIpc) is 2.44. The third-order valence-electron chi connectivity index (χ3n) is 2.57. The van der Waals surface area contributed by atoms with Crippen molar-refractivity contribution in [3.63, 3.8) is 0 Å². The molecule has 22 heavy (non-hydrogen) atoms. The number of halogens is 3. The van der Waals surface area contributed by atoms with Gasteiger partial charge in [0.05, 0.1) is 18.2 Å². The number of nitrogens with zero attached hydrogens (tertiary/aromatic N) is 3. The van der Waals surface area contributed by atoms with Crippen LogP contribution in [0.2, 0.25) is 0 Å². The number of ether oxygens (including phenoxy) is 1. The van der Waals surface area contributed by atoms with Crippen molar-refractivity contribution in [3.8, 4) is 17.3 Å². The first kappa shape index (κ1) is 16.1. The summed E-state index contributed by atoms with van der Waals surface area (Å²) in [5, 5.41) is 4.89. The molecule has 0 aliphatic rings. The number of aromatic nitrogens is 3. The van der Waals surface area contributed by atoms with Crippen molar-refractivity contribution in [3.05, 3.63) is 30.2 Å². The van der Waals surface area contributed by atoms with Crippen LogP contribution < -0.4 is 9.88 Å². The van der Waals surface area contributed by atoms with Crippen molar-refractivity contribution in [2.45, 2.75) is 11.1 Å². The van der Waals surface area contributed by atoms with E-state index < -0.39 is 38.1 Å². The van der Waals surface area contributed by atoms with Gasteiger partial charge in [-0.2, -0.15) is 13.2 Å². The van der Waals surface area contributed by atoms with Gasteiger partial charge >= 0.3 is 6.18 Å². The van der Waals surface area contributed by atoms with Crippen LogP contribution in [0.3, 0.4) is 0 Å². The smallest absolute Gasteiger partial charge is 0.418 e. The molecule has 2 aromatic heterocycles. The normalized spacial score (nSPS) is 12.2. The fourth-order valence-corrected chi connectivity index (χ4v) is 2.66. The number of hydrogen-bond donors (Lipinski definition) is 1. The van der Waals surface area contributed by atoms with Crippen molar-refractivity contribution >= 4 is 10.0 Å². The van der Waals surface area contributed by atoms with Crippen molar-refractivity contribution < 1.29 is 26.3 Å². The van der Waals surface area contributed by atoms with Gasteiger partial charge in [-0.05, 0) is 6.07 Å². The Bertz CT molecular complexity index is 794. The molecular formula is C11H9F3N4O3S. The molecule has 0 aromatic carbocycles. The first-order valence-corrected chi connectivity index (χ1v) is 7.15. The van der Waals surface area contributed by atoms with Crippen LogP contribution in [0.4, 0.5) is 13.2 Å². The molecule has 0 saturated heterocycles. The Kier molecular flexibility index (Phi) is 4.02. The van der Waals surface area contributed by atoms with Crippen LogP contribution in [0.25, 0.3) is 11.4 Å². The van der Waals surface area contributed by atoms with Gasteiger partial charge in [0.1, 0.15) is 0 Å². The molecule has 0 fully saturated rings. The molecule has 2 heterocycles. The second-order valence-electron chi connectivity index (χ2n) is 4.00. The summed E-state index contributed by atoms with van der Waals surface area (Å²) in [6, 6.07) is 1.40. The molecule has 2 rings (SSSR count). The first-order valence-electron chi connectivity index (χ1n) is 5.60. The second-order valence-corrected chi connectivity index (χ2v) is 5.50. The highest BCUT2D eigenvalue weighted by atomic mass is 32.2. The largest absolute Gasteiger partial charge is 0.480 e. The van der Waals surface area contributed by atoms with Gasteiger partial charge < -0.3 is 4.74 Å². The number of nitrogens with two attached hydrogens (primary N) is 1. The fourth-order valence-electron chi connectivity index (χ4n) is 1.77. The van der Waals surface area contributed by atoms with E-state index in [-0.39, 0.29) is 5.82 Å². The molecule has 0 unspecified atom stereocenters. The topological polar surface area (TPSA) is 108 Å². The standard InChI is InChI=1S/C11H9F3N4O3S/c1-21-10-8(22(15,19)20)7(11(12,13)14)6(5-18-10)9-16-3-2-4-17-9/h2-5H,1H3,(H2,15,19,20). The predicted octanol–water partition coefficient (Wildman–Crippen LogP) is 1.21. The van der Waals surface area contributed by atoms with Crippen LogP contribution in [-0.4, -0.2) is 30.5 Å². The van der Waals surface area contributed by atoms with E-state index in [9.17, 15) is 21.6 Å². The highest BCUT2D eigenvalue weighted by Crippen LogP contribution is 2.42. The molecular weight excluding hydrogens is 325 g/mol. The van der Waals surface area contributed by atoms with E-state index in [1.54, 1.807) is 0 Å². The van der Waals surface area contributed by atoms with Gasteiger partial charge in [-0.1, -0.05) is 0 Å². The van der Waals surface area contributed by atoms with Crippen LogP contribution in [0, 0.1) is 0 Å². The molecule has 0 spiro atoms. The lowest BCUT2D eigenvalue weighted by atomic mass is 10.1. The zero-order valence-electron chi connectivity index (χ0n) is 11.0. The molecule has 0 atom stereocenters. The van der Waals surface area contributed by atoms with Crippen LogP contribution in [0.5, 0.6) is 5.88 Å². The third-order valence-corrected chi connectivity index (χ3v) is 3.52. The van der Waals surface area contributed by atoms with E-state index in [1.165, 1.54) is 18.5 Å². The summed E-state index contributed by atoms with van der Waals surface area (Å²) in [5.41, 5.74) is -2.13. The van der Waals surface area contributed by atoms with Crippen LogP contribution in [0.15, 0.2) is 29.6 Å². The Morgan fingerprint density at radius 2 is 1.77 bits per heavy atom. The first-order chi connectivity index (χ1) is 10.2. The number of primary sulfonamides is 1. The van der Waals surface area contributed by atoms with Gasteiger partial charge in [0.25, 0.3) is 0 Å². The average molecular weight is 334 g/mol. The Labute approximate surface area is 123 Å². The van der Waals surface area contributed by atoms with Crippen molar-refractivity contribution in [1.82, 2.24) is 15.0 Å². The van der Waals surface area contributed by atoms with Crippen LogP contribution in [0.1, 0.15) is 5.56 Å². The molecule has 0 saturated carbocycles. The predicted molar refractivity (Wildman–Crippen MR) is 68.2 cm³/mol. The van der Waals surface area contributed by atoms with Gasteiger partial charge in [-0.3, -0.25) is 0 Å². The van der Waals surface area contributed by atoms with Crippen LogP contribution in [-0.2, 0) is 16.2 Å². The van der Waals surface area contributed by atoms with Gasteiger partial charge in [0.15, 0.2) is 10.7 Å². The zero-order valence-corrected chi connectivity index (χ0v) is 11.8. The maximum Gasteiger partial charge on any atom is 0.418 e. The monoisotopic (exact) mass is 334 g/mol. The van der Waals surface area contributed by atoms with Gasteiger partial charge in [0, 0.05) is 18.6 Å². The molecule has 11 heteroatoms. The molecule has 7 nitrogen and oxygen atoms in total. The minimum absolute atomic E-state index is 0.338. The maximum atomic E-state index is 13.4. The van der Waals surface area contributed by atoms with E-state index in [0.29, 0.717) is 0 Å². The lowest BCUT2D eigenvalue weighted by Gasteiger charge is -2.17. The zero-order chi connectivity index (χ0) is 16.5. The summed E-state index contributed by atoms with van der Waals surface area (Å²) in [7, 11) is -3.77. The van der Waals surface area contributed by atoms with Gasteiger partial charge in [0.2, 0.25) is 15.9 Å². The van der Waals surface area contributed by atoms with E-state index in [1.807, 2.05) is 0 Å². The summed E-state index contributed by atoms with van der Waals surface area (Å²) < 4.78 is 67.9. The summed E-state index contributed by atoms with van der Waals surface area (Å²) in [6.07, 6.45) is -1.83. The minimum Gasteiger partial charge on any atom is -0.480 e. The maximum absolute atomic E-state index is 13.4. The SMILES string of the molecule is COc1ncc(-c2ncccn2)c(C(F)(F)F)c1S(N)(=O)=O. The number of methoxy groups -OCH3 is 1. The fraction of sp³-hybridized carbons (Fsp3) is 0.182. The summed E-state index contributed by atoms with van der Waals surface area (Å²) in [5.74, 6) is -1.09. The molecule has 2 N–H and O–H groups in total. The molecule has 2 aromatic rings. The lowest BCUT2D eigenvalue weighted by molar-refractivity contribution is -0.139.